The van der Waals surface area contributed by atoms with Crippen LogP contribution in [0.15, 0.2) is 24.3 Å². The Kier molecular flexibility index (Phi) is 4.00. The zero-order valence-electron chi connectivity index (χ0n) is 11.3. The van der Waals surface area contributed by atoms with Crippen LogP contribution in [0.3, 0.4) is 0 Å². The molecule has 0 saturated carbocycles. The number of thiazole rings is 1. The molecule has 0 aliphatic heterocycles. The lowest BCUT2D eigenvalue weighted by atomic mass is 9.91. The Labute approximate surface area is 124 Å². The number of aryl methyl sites for hydroxylation is 1. The van der Waals surface area contributed by atoms with Gasteiger partial charge in [-0.15, -0.1) is 23.7 Å². The molecular formula is C15H19ClN2S. The fraction of sp³-hybridized carbons (Fsp3) is 0.400. The van der Waals surface area contributed by atoms with Gasteiger partial charge in [-0.25, -0.2) is 4.98 Å². The molecule has 0 amide bonds. The number of nitrogens with two attached hydrogens (primary N) is 1. The minimum Gasteiger partial charge on any atom is -0.326 e. The second-order valence-corrected chi connectivity index (χ2v) is 6.66. The van der Waals surface area contributed by atoms with Crippen molar-refractivity contribution in [3.05, 3.63) is 40.4 Å². The number of rotatable bonds is 2. The first-order chi connectivity index (χ1) is 8.60. The van der Waals surface area contributed by atoms with E-state index in [-0.39, 0.29) is 17.8 Å². The molecule has 0 unspecified atom stereocenters. The third kappa shape index (κ3) is 2.55. The van der Waals surface area contributed by atoms with Crippen molar-refractivity contribution in [2.75, 3.05) is 0 Å². The Morgan fingerprint density at radius 3 is 2.53 bits per heavy atom. The topological polar surface area (TPSA) is 38.9 Å². The average molecular weight is 295 g/mol. The summed E-state index contributed by atoms with van der Waals surface area (Å²) in [6.07, 6.45) is 2.41. The lowest BCUT2D eigenvalue weighted by molar-refractivity contribution is 0.510. The van der Waals surface area contributed by atoms with Gasteiger partial charge in [0.1, 0.15) is 5.01 Å². The fourth-order valence-electron chi connectivity index (χ4n) is 2.50. The number of halogens is 1. The van der Waals surface area contributed by atoms with Gasteiger partial charge in [-0.2, -0.15) is 0 Å². The summed E-state index contributed by atoms with van der Waals surface area (Å²) in [5.74, 6) is 0. The number of aromatic nitrogens is 1. The van der Waals surface area contributed by atoms with Crippen molar-refractivity contribution in [2.24, 2.45) is 5.73 Å². The zero-order valence-corrected chi connectivity index (χ0v) is 12.9. The maximum absolute atomic E-state index is 5.62. The fourth-order valence-corrected chi connectivity index (χ4v) is 3.75. The van der Waals surface area contributed by atoms with Gasteiger partial charge in [-0.05, 0) is 18.4 Å². The molecule has 1 aliphatic rings. The van der Waals surface area contributed by atoms with Crippen LogP contribution in [0.2, 0.25) is 0 Å². The van der Waals surface area contributed by atoms with Gasteiger partial charge in [-0.3, -0.25) is 0 Å². The Balaban J connectivity index is 0.00000133. The average Bonchev–Trinajstić information content (AvgIpc) is 2.91. The SMILES string of the molecule is CC1(C)CCc2sc(-c3ccc(CN)cc3)nc21.Cl. The van der Waals surface area contributed by atoms with E-state index < -0.39 is 0 Å². The molecule has 0 atom stereocenters. The Morgan fingerprint density at radius 2 is 1.95 bits per heavy atom. The molecule has 0 spiro atoms. The zero-order chi connectivity index (χ0) is 12.8. The summed E-state index contributed by atoms with van der Waals surface area (Å²) in [5.41, 5.74) is 9.56. The first kappa shape index (κ1) is 14.5. The summed E-state index contributed by atoms with van der Waals surface area (Å²) in [7, 11) is 0. The second kappa shape index (κ2) is 5.23. The van der Waals surface area contributed by atoms with Crippen molar-refractivity contribution in [2.45, 2.75) is 38.6 Å². The Bertz CT molecular complexity index is 572. The van der Waals surface area contributed by atoms with Crippen molar-refractivity contribution < 1.29 is 0 Å². The highest BCUT2D eigenvalue weighted by Gasteiger charge is 2.33. The largest absolute Gasteiger partial charge is 0.326 e. The molecule has 1 aromatic heterocycles. The van der Waals surface area contributed by atoms with Crippen molar-refractivity contribution in [1.82, 2.24) is 4.98 Å². The number of hydrogen-bond donors (Lipinski definition) is 1. The molecule has 2 aromatic rings. The van der Waals surface area contributed by atoms with Crippen LogP contribution < -0.4 is 5.73 Å². The van der Waals surface area contributed by atoms with Crippen LogP contribution in [0.5, 0.6) is 0 Å². The highest BCUT2D eigenvalue weighted by Crippen LogP contribution is 2.42. The summed E-state index contributed by atoms with van der Waals surface area (Å²) in [6, 6.07) is 8.44. The highest BCUT2D eigenvalue weighted by molar-refractivity contribution is 7.15. The molecule has 2 N–H and O–H groups in total. The van der Waals surface area contributed by atoms with Crippen LogP contribution in [0.4, 0.5) is 0 Å². The number of hydrogen-bond acceptors (Lipinski definition) is 3. The minimum atomic E-state index is 0. The highest BCUT2D eigenvalue weighted by atomic mass is 35.5. The predicted molar refractivity (Wildman–Crippen MR) is 84.0 cm³/mol. The quantitative estimate of drug-likeness (QED) is 0.912. The van der Waals surface area contributed by atoms with Crippen LogP contribution in [-0.2, 0) is 18.4 Å². The van der Waals surface area contributed by atoms with Gasteiger partial charge in [0.15, 0.2) is 0 Å². The maximum atomic E-state index is 5.62. The van der Waals surface area contributed by atoms with Gasteiger partial charge >= 0.3 is 0 Å². The van der Waals surface area contributed by atoms with Crippen LogP contribution in [0.1, 0.15) is 36.4 Å². The second-order valence-electron chi connectivity index (χ2n) is 5.58. The molecule has 0 fully saturated rings. The normalized spacial score (nSPS) is 15.9. The van der Waals surface area contributed by atoms with E-state index in [9.17, 15) is 0 Å². The number of fused-ring (bicyclic) bond motifs is 1. The van der Waals surface area contributed by atoms with E-state index in [2.05, 4.69) is 38.1 Å². The first-order valence-electron chi connectivity index (χ1n) is 6.40. The predicted octanol–water partition coefficient (Wildman–Crippen LogP) is 3.91. The summed E-state index contributed by atoms with van der Waals surface area (Å²) >= 11 is 1.85. The smallest absolute Gasteiger partial charge is 0.123 e. The molecule has 4 heteroatoms. The van der Waals surface area contributed by atoms with E-state index in [0.717, 1.165) is 5.01 Å². The van der Waals surface area contributed by atoms with Gasteiger partial charge in [0.25, 0.3) is 0 Å². The molecule has 3 rings (SSSR count). The molecule has 2 nitrogen and oxygen atoms in total. The summed E-state index contributed by atoms with van der Waals surface area (Å²) in [4.78, 5) is 6.33. The molecule has 0 saturated heterocycles. The molecule has 1 heterocycles. The Hall–Kier alpha value is -0.900. The van der Waals surface area contributed by atoms with Gasteiger partial charge in [-0.1, -0.05) is 38.1 Å². The third-order valence-corrected chi connectivity index (χ3v) is 4.92. The lowest BCUT2D eigenvalue weighted by Crippen LogP contribution is -2.12. The van der Waals surface area contributed by atoms with Crippen molar-refractivity contribution in [3.63, 3.8) is 0 Å². The van der Waals surface area contributed by atoms with Gasteiger partial charge in [0, 0.05) is 22.4 Å². The van der Waals surface area contributed by atoms with Crippen LogP contribution in [-0.4, -0.2) is 4.98 Å². The van der Waals surface area contributed by atoms with E-state index in [0.29, 0.717) is 6.54 Å². The van der Waals surface area contributed by atoms with E-state index in [1.165, 1.54) is 34.5 Å². The molecule has 19 heavy (non-hydrogen) atoms. The number of benzene rings is 1. The Morgan fingerprint density at radius 1 is 1.26 bits per heavy atom. The minimum absolute atomic E-state index is 0. The van der Waals surface area contributed by atoms with Crippen molar-refractivity contribution >= 4 is 23.7 Å². The molecule has 0 radical (unpaired) electrons. The van der Waals surface area contributed by atoms with Gasteiger partial charge in [0.2, 0.25) is 0 Å². The van der Waals surface area contributed by atoms with Crippen molar-refractivity contribution in [3.8, 4) is 10.6 Å². The summed E-state index contributed by atoms with van der Waals surface area (Å²) in [6.45, 7) is 5.18. The van der Waals surface area contributed by atoms with Crippen molar-refractivity contribution in [1.29, 1.82) is 0 Å². The third-order valence-electron chi connectivity index (χ3n) is 3.75. The molecule has 1 aliphatic carbocycles. The molecule has 102 valence electrons. The number of nitrogens with zero attached hydrogens (tertiary/aromatic N) is 1. The van der Waals surface area contributed by atoms with E-state index in [4.69, 9.17) is 10.7 Å². The molecule has 1 aromatic carbocycles. The van der Waals surface area contributed by atoms with E-state index in [1.54, 1.807) is 0 Å². The lowest BCUT2D eigenvalue weighted by Gasteiger charge is -2.15. The monoisotopic (exact) mass is 294 g/mol. The maximum Gasteiger partial charge on any atom is 0.123 e. The van der Waals surface area contributed by atoms with Crippen LogP contribution in [0, 0.1) is 0 Å². The van der Waals surface area contributed by atoms with E-state index in [1.807, 2.05) is 11.3 Å². The summed E-state index contributed by atoms with van der Waals surface area (Å²) in [5, 5.41) is 1.15. The molecular weight excluding hydrogens is 276 g/mol. The van der Waals surface area contributed by atoms with Gasteiger partial charge < -0.3 is 5.73 Å². The summed E-state index contributed by atoms with van der Waals surface area (Å²) < 4.78 is 0. The van der Waals surface area contributed by atoms with Crippen LogP contribution >= 0.6 is 23.7 Å². The van der Waals surface area contributed by atoms with Crippen LogP contribution in [0.25, 0.3) is 10.6 Å². The first-order valence-corrected chi connectivity index (χ1v) is 7.21. The van der Waals surface area contributed by atoms with Gasteiger partial charge in [0.05, 0.1) is 5.69 Å². The standard InChI is InChI=1S/C15H18N2S.ClH/c1-15(2)8-7-12-13(15)17-14(18-12)11-5-3-10(9-16)4-6-11;/h3-6H,7-9,16H2,1-2H3;1H. The molecule has 0 bridgehead atoms. The van der Waals surface area contributed by atoms with E-state index >= 15 is 0 Å².